The Bertz CT molecular complexity index is 353. The lowest BCUT2D eigenvalue weighted by Crippen LogP contribution is -2.37. The van der Waals surface area contributed by atoms with Gasteiger partial charge in [-0.1, -0.05) is 0 Å². The highest BCUT2D eigenvalue weighted by Gasteiger charge is 2.28. The number of nitrogens with zero attached hydrogens (tertiary/aromatic N) is 1. The average Bonchev–Trinajstić information content (AvgIpc) is 2.89. The van der Waals surface area contributed by atoms with Crippen molar-refractivity contribution in [1.82, 2.24) is 10.2 Å². The predicted octanol–water partition coefficient (Wildman–Crippen LogP) is -1.56. The van der Waals surface area contributed by atoms with E-state index in [2.05, 4.69) is 5.32 Å². The zero-order valence-electron chi connectivity index (χ0n) is 14.1. The van der Waals surface area contributed by atoms with Crippen molar-refractivity contribution in [3.63, 3.8) is 0 Å². The van der Waals surface area contributed by atoms with Crippen molar-refractivity contribution in [2.24, 2.45) is 5.73 Å². The summed E-state index contributed by atoms with van der Waals surface area (Å²) in [5.74, 6) is -0.326. The molecule has 9 heteroatoms. The normalized spacial score (nSPS) is 16.2. The maximum atomic E-state index is 11.4. The van der Waals surface area contributed by atoms with Gasteiger partial charge in [0.25, 0.3) is 0 Å². The maximum Gasteiger partial charge on any atom is 0.229 e. The summed E-state index contributed by atoms with van der Waals surface area (Å²) in [6.07, 6.45) is 0.0869. The van der Waals surface area contributed by atoms with Gasteiger partial charge < -0.3 is 25.1 Å². The minimum absolute atomic E-state index is 0.163. The van der Waals surface area contributed by atoms with Gasteiger partial charge in [-0.2, -0.15) is 0 Å². The minimum Gasteiger partial charge on any atom is -0.379 e. The van der Waals surface area contributed by atoms with Crippen molar-refractivity contribution in [3.8, 4) is 0 Å². The molecule has 140 valence electrons. The lowest BCUT2D eigenvalue weighted by molar-refractivity contribution is -0.138. The standard InChI is InChI=1S/C15H29N3O6/c16-4-7-22-9-11-24-12-10-23-8-5-17-13(19)3-6-18-14(20)1-2-15(18)21/h13,17,19H,1-12,16H2. The van der Waals surface area contributed by atoms with Crippen LogP contribution in [-0.4, -0.2) is 87.3 Å². The lowest BCUT2D eigenvalue weighted by Gasteiger charge is -2.17. The molecule has 1 unspecified atom stereocenters. The molecule has 4 N–H and O–H groups in total. The number of hydrogen-bond acceptors (Lipinski definition) is 8. The number of rotatable bonds is 15. The van der Waals surface area contributed by atoms with Crippen LogP contribution in [0.2, 0.25) is 0 Å². The van der Waals surface area contributed by atoms with E-state index >= 15 is 0 Å². The molecule has 1 rings (SSSR count). The fraction of sp³-hybridized carbons (Fsp3) is 0.867. The molecule has 24 heavy (non-hydrogen) atoms. The Morgan fingerprint density at radius 2 is 1.54 bits per heavy atom. The van der Waals surface area contributed by atoms with Gasteiger partial charge >= 0.3 is 0 Å². The number of aliphatic hydroxyl groups excluding tert-OH is 1. The van der Waals surface area contributed by atoms with E-state index in [0.29, 0.717) is 59.2 Å². The van der Waals surface area contributed by atoms with E-state index < -0.39 is 6.23 Å². The molecule has 0 aliphatic carbocycles. The fourth-order valence-electron chi connectivity index (χ4n) is 2.15. The largest absolute Gasteiger partial charge is 0.379 e. The summed E-state index contributed by atoms with van der Waals surface area (Å²) in [6.45, 7) is 4.17. The molecule has 0 aromatic rings. The van der Waals surface area contributed by atoms with Crippen molar-refractivity contribution in [3.05, 3.63) is 0 Å². The van der Waals surface area contributed by atoms with Crippen LogP contribution in [0.25, 0.3) is 0 Å². The second-order valence-corrected chi connectivity index (χ2v) is 5.32. The number of imide groups is 1. The number of nitrogens with two attached hydrogens (primary N) is 1. The Balaban J connectivity index is 1.87. The molecule has 0 aromatic carbocycles. The average molecular weight is 347 g/mol. The van der Waals surface area contributed by atoms with E-state index in [1.807, 2.05) is 0 Å². The van der Waals surface area contributed by atoms with E-state index in [1.165, 1.54) is 4.90 Å². The van der Waals surface area contributed by atoms with Crippen molar-refractivity contribution in [2.45, 2.75) is 25.5 Å². The Morgan fingerprint density at radius 3 is 2.12 bits per heavy atom. The van der Waals surface area contributed by atoms with Crippen LogP contribution in [-0.2, 0) is 23.8 Å². The smallest absolute Gasteiger partial charge is 0.229 e. The Kier molecular flexibility index (Phi) is 11.5. The van der Waals surface area contributed by atoms with Gasteiger partial charge in [0.2, 0.25) is 11.8 Å². The molecule has 1 fully saturated rings. The van der Waals surface area contributed by atoms with Crippen LogP contribution >= 0.6 is 0 Å². The van der Waals surface area contributed by atoms with Crippen LogP contribution in [0.5, 0.6) is 0 Å². The third-order valence-electron chi connectivity index (χ3n) is 3.41. The molecule has 0 bridgehead atoms. The van der Waals surface area contributed by atoms with Crippen LogP contribution in [0.4, 0.5) is 0 Å². The molecule has 0 radical (unpaired) electrons. The van der Waals surface area contributed by atoms with Gasteiger partial charge in [0.05, 0.1) is 39.6 Å². The van der Waals surface area contributed by atoms with Crippen molar-refractivity contribution < 1.29 is 28.9 Å². The number of ether oxygens (including phenoxy) is 3. The summed E-state index contributed by atoms with van der Waals surface area (Å²) in [5.41, 5.74) is 5.28. The Hall–Kier alpha value is -1.10. The maximum absolute atomic E-state index is 11.4. The topological polar surface area (TPSA) is 123 Å². The summed E-state index contributed by atoms with van der Waals surface area (Å²) >= 11 is 0. The number of nitrogens with one attached hydrogen (secondary N) is 1. The number of carbonyl (C=O) groups is 2. The Morgan fingerprint density at radius 1 is 1.00 bits per heavy atom. The first-order chi connectivity index (χ1) is 11.6. The third-order valence-corrected chi connectivity index (χ3v) is 3.41. The summed E-state index contributed by atoms with van der Waals surface area (Å²) in [4.78, 5) is 24.0. The molecule has 1 atom stereocenters. The number of aliphatic hydroxyl groups is 1. The van der Waals surface area contributed by atoms with Gasteiger partial charge in [0.15, 0.2) is 0 Å². The van der Waals surface area contributed by atoms with E-state index in [9.17, 15) is 14.7 Å². The molecule has 0 aromatic heterocycles. The van der Waals surface area contributed by atoms with Gasteiger partial charge in [-0.25, -0.2) is 0 Å². The zero-order chi connectivity index (χ0) is 17.6. The highest BCUT2D eigenvalue weighted by molar-refractivity contribution is 6.01. The van der Waals surface area contributed by atoms with Gasteiger partial charge in [-0.3, -0.25) is 19.8 Å². The molecular formula is C15H29N3O6. The van der Waals surface area contributed by atoms with E-state index in [-0.39, 0.29) is 31.2 Å². The van der Waals surface area contributed by atoms with E-state index in [4.69, 9.17) is 19.9 Å². The van der Waals surface area contributed by atoms with Crippen molar-refractivity contribution in [1.29, 1.82) is 0 Å². The van der Waals surface area contributed by atoms with Crippen molar-refractivity contribution >= 4 is 11.8 Å². The minimum atomic E-state index is -0.772. The summed E-state index contributed by atoms with van der Waals surface area (Å²) in [7, 11) is 0. The molecule has 2 amide bonds. The molecule has 1 heterocycles. The van der Waals surface area contributed by atoms with Crippen LogP contribution in [0, 0.1) is 0 Å². The first kappa shape index (κ1) is 20.9. The van der Waals surface area contributed by atoms with Gasteiger partial charge in [0, 0.05) is 38.9 Å². The molecule has 9 nitrogen and oxygen atoms in total. The summed E-state index contributed by atoms with van der Waals surface area (Å²) in [5, 5.41) is 12.6. The van der Waals surface area contributed by atoms with Gasteiger partial charge in [0.1, 0.15) is 6.23 Å². The number of carbonyl (C=O) groups excluding carboxylic acids is 2. The summed E-state index contributed by atoms with van der Waals surface area (Å²) in [6, 6.07) is 0. The SMILES string of the molecule is NCCOCCOCCOCCNC(O)CCN1C(=O)CCC1=O. The van der Waals surface area contributed by atoms with Crippen LogP contribution in [0.3, 0.4) is 0 Å². The highest BCUT2D eigenvalue weighted by Crippen LogP contribution is 2.12. The van der Waals surface area contributed by atoms with Crippen LogP contribution < -0.4 is 11.1 Å². The predicted molar refractivity (Wildman–Crippen MR) is 86.1 cm³/mol. The van der Waals surface area contributed by atoms with Crippen LogP contribution in [0.1, 0.15) is 19.3 Å². The molecule has 0 spiro atoms. The zero-order valence-corrected chi connectivity index (χ0v) is 14.1. The molecule has 1 saturated heterocycles. The lowest BCUT2D eigenvalue weighted by atomic mass is 10.3. The van der Waals surface area contributed by atoms with Gasteiger partial charge in [-0.15, -0.1) is 0 Å². The van der Waals surface area contributed by atoms with E-state index in [0.717, 1.165) is 0 Å². The highest BCUT2D eigenvalue weighted by atomic mass is 16.5. The quantitative estimate of drug-likeness (QED) is 0.185. The second-order valence-electron chi connectivity index (χ2n) is 5.32. The molecular weight excluding hydrogens is 318 g/mol. The van der Waals surface area contributed by atoms with E-state index in [1.54, 1.807) is 0 Å². The number of amides is 2. The van der Waals surface area contributed by atoms with Crippen molar-refractivity contribution in [2.75, 3.05) is 59.3 Å². The molecule has 0 saturated carbocycles. The summed E-state index contributed by atoms with van der Waals surface area (Å²) < 4.78 is 15.8. The first-order valence-corrected chi connectivity index (χ1v) is 8.33. The number of hydrogen-bond donors (Lipinski definition) is 3. The monoisotopic (exact) mass is 347 g/mol. The molecule has 1 aliphatic heterocycles. The Labute approximate surface area is 142 Å². The van der Waals surface area contributed by atoms with Crippen LogP contribution in [0.15, 0.2) is 0 Å². The van der Waals surface area contributed by atoms with Gasteiger partial charge in [-0.05, 0) is 0 Å². The molecule has 1 aliphatic rings. The second kappa shape index (κ2) is 13.2. The fourth-order valence-corrected chi connectivity index (χ4v) is 2.15. The third kappa shape index (κ3) is 9.26. The first-order valence-electron chi connectivity index (χ1n) is 8.33. The number of likely N-dealkylation sites (tertiary alicyclic amines) is 1.